The van der Waals surface area contributed by atoms with Gasteiger partial charge in [-0.05, 0) is 6.42 Å². The second kappa shape index (κ2) is 3.52. The van der Waals surface area contributed by atoms with Crippen LogP contribution in [0.3, 0.4) is 0 Å². The maximum absolute atomic E-state index is 5.62. The molecule has 11 heavy (non-hydrogen) atoms. The minimum atomic E-state index is 0.482. The average molecular weight is 157 g/mol. The first-order chi connectivity index (χ1) is 5.45. The number of ether oxygens (including phenoxy) is 2. The topological polar surface area (TPSA) is 30.5 Å². The van der Waals surface area contributed by atoms with Crippen molar-refractivity contribution < 1.29 is 9.47 Å². The van der Waals surface area contributed by atoms with Gasteiger partial charge in [-0.3, -0.25) is 0 Å². The zero-order chi connectivity index (χ0) is 7.52. The number of rotatable bonds is 3. The van der Waals surface area contributed by atoms with Gasteiger partial charge in [0.25, 0.3) is 0 Å². The SMILES string of the molecule is C1CC(COC2CNC2)CO1. The molecule has 0 amide bonds. The van der Waals surface area contributed by atoms with E-state index in [0.717, 1.165) is 32.9 Å². The quantitative estimate of drug-likeness (QED) is 0.626. The lowest BCUT2D eigenvalue weighted by Gasteiger charge is -2.28. The van der Waals surface area contributed by atoms with Gasteiger partial charge in [0.05, 0.1) is 19.3 Å². The van der Waals surface area contributed by atoms with Crippen molar-refractivity contribution in [3.05, 3.63) is 0 Å². The predicted octanol–water partition coefficient (Wildman–Crippen LogP) is 0.0113. The first-order valence-electron chi connectivity index (χ1n) is 4.35. The molecule has 0 aromatic carbocycles. The Balaban J connectivity index is 1.57. The van der Waals surface area contributed by atoms with Gasteiger partial charge in [0.2, 0.25) is 0 Å². The molecule has 2 saturated heterocycles. The van der Waals surface area contributed by atoms with Crippen LogP contribution in [0.2, 0.25) is 0 Å². The van der Waals surface area contributed by atoms with Gasteiger partial charge in [-0.2, -0.15) is 0 Å². The molecule has 3 nitrogen and oxygen atoms in total. The fourth-order valence-electron chi connectivity index (χ4n) is 1.37. The fourth-order valence-corrected chi connectivity index (χ4v) is 1.37. The first kappa shape index (κ1) is 7.53. The Bertz CT molecular complexity index is 119. The van der Waals surface area contributed by atoms with E-state index in [0.29, 0.717) is 12.0 Å². The van der Waals surface area contributed by atoms with Crippen molar-refractivity contribution >= 4 is 0 Å². The van der Waals surface area contributed by atoms with Crippen LogP contribution in [0.25, 0.3) is 0 Å². The van der Waals surface area contributed by atoms with Gasteiger partial charge in [-0.15, -0.1) is 0 Å². The smallest absolute Gasteiger partial charge is 0.0823 e. The van der Waals surface area contributed by atoms with Gasteiger partial charge in [0.1, 0.15) is 0 Å². The molecule has 0 aromatic rings. The Morgan fingerprint density at radius 1 is 1.45 bits per heavy atom. The molecule has 1 atom stereocenters. The van der Waals surface area contributed by atoms with Crippen LogP contribution in [-0.4, -0.2) is 39.0 Å². The van der Waals surface area contributed by atoms with E-state index in [9.17, 15) is 0 Å². The van der Waals surface area contributed by atoms with Crippen molar-refractivity contribution in [2.45, 2.75) is 12.5 Å². The van der Waals surface area contributed by atoms with Gasteiger partial charge < -0.3 is 14.8 Å². The van der Waals surface area contributed by atoms with Crippen molar-refractivity contribution in [1.29, 1.82) is 0 Å². The summed E-state index contributed by atoms with van der Waals surface area (Å²) in [5.41, 5.74) is 0. The van der Waals surface area contributed by atoms with Crippen LogP contribution in [0.5, 0.6) is 0 Å². The summed E-state index contributed by atoms with van der Waals surface area (Å²) in [7, 11) is 0. The predicted molar refractivity (Wildman–Crippen MR) is 41.5 cm³/mol. The maximum atomic E-state index is 5.62. The molecule has 2 aliphatic heterocycles. The molecule has 2 fully saturated rings. The van der Waals surface area contributed by atoms with Gasteiger partial charge in [0, 0.05) is 25.6 Å². The zero-order valence-electron chi connectivity index (χ0n) is 6.71. The lowest BCUT2D eigenvalue weighted by molar-refractivity contribution is -0.00216. The molecule has 1 N–H and O–H groups in total. The Labute approximate surface area is 67.1 Å². The zero-order valence-corrected chi connectivity index (χ0v) is 6.71. The molecule has 0 spiro atoms. The second-order valence-corrected chi connectivity index (χ2v) is 3.34. The normalized spacial score (nSPS) is 32.2. The van der Waals surface area contributed by atoms with Crippen LogP contribution < -0.4 is 5.32 Å². The summed E-state index contributed by atoms with van der Waals surface area (Å²) in [4.78, 5) is 0. The summed E-state index contributed by atoms with van der Waals surface area (Å²) in [5.74, 6) is 0.663. The Morgan fingerprint density at radius 2 is 2.36 bits per heavy atom. The molecule has 3 heteroatoms. The van der Waals surface area contributed by atoms with E-state index in [4.69, 9.17) is 9.47 Å². The van der Waals surface area contributed by atoms with Crippen LogP contribution in [-0.2, 0) is 9.47 Å². The highest BCUT2D eigenvalue weighted by Crippen LogP contribution is 2.13. The van der Waals surface area contributed by atoms with E-state index in [1.807, 2.05) is 0 Å². The highest BCUT2D eigenvalue weighted by atomic mass is 16.5. The lowest BCUT2D eigenvalue weighted by Crippen LogP contribution is -2.49. The molecule has 2 aliphatic rings. The van der Waals surface area contributed by atoms with Crippen LogP contribution in [0.4, 0.5) is 0 Å². The monoisotopic (exact) mass is 157 g/mol. The summed E-state index contributed by atoms with van der Waals surface area (Å²) in [5, 5.41) is 3.18. The molecule has 64 valence electrons. The molecular weight excluding hydrogens is 142 g/mol. The van der Waals surface area contributed by atoms with Gasteiger partial charge in [-0.25, -0.2) is 0 Å². The molecule has 0 bridgehead atoms. The van der Waals surface area contributed by atoms with E-state index >= 15 is 0 Å². The number of hydrogen-bond acceptors (Lipinski definition) is 3. The minimum absolute atomic E-state index is 0.482. The minimum Gasteiger partial charge on any atom is -0.381 e. The van der Waals surface area contributed by atoms with E-state index in [-0.39, 0.29) is 0 Å². The third kappa shape index (κ3) is 1.92. The van der Waals surface area contributed by atoms with Crippen molar-refractivity contribution in [3.8, 4) is 0 Å². The maximum Gasteiger partial charge on any atom is 0.0823 e. The molecule has 2 rings (SSSR count). The molecule has 1 unspecified atom stereocenters. The van der Waals surface area contributed by atoms with Crippen molar-refractivity contribution in [3.63, 3.8) is 0 Å². The van der Waals surface area contributed by atoms with E-state index in [1.54, 1.807) is 0 Å². The van der Waals surface area contributed by atoms with Gasteiger partial charge in [-0.1, -0.05) is 0 Å². The van der Waals surface area contributed by atoms with Gasteiger partial charge >= 0.3 is 0 Å². The molecular formula is C8H15NO2. The Kier molecular flexibility index (Phi) is 2.41. The first-order valence-corrected chi connectivity index (χ1v) is 4.35. The highest BCUT2D eigenvalue weighted by molar-refractivity contribution is 4.75. The lowest BCUT2D eigenvalue weighted by atomic mass is 10.1. The van der Waals surface area contributed by atoms with Crippen molar-refractivity contribution in [2.24, 2.45) is 5.92 Å². The summed E-state index contributed by atoms with van der Waals surface area (Å²) < 4.78 is 10.9. The van der Waals surface area contributed by atoms with Crippen LogP contribution >= 0.6 is 0 Å². The highest BCUT2D eigenvalue weighted by Gasteiger charge is 2.21. The third-order valence-electron chi connectivity index (χ3n) is 2.34. The average Bonchev–Trinajstić information content (AvgIpc) is 2.36. The Morgan fingerprint density at radius 3 is 2.91 bits per heavy atom. The summed E-state index contributed by atoms with van der Waals surface area (Å²) in [6, 6.07) is 0. The van der Waals surface area contributed by atoms with Crippen LogP contribution in [0, 0.1) is 5.92 Å². The van der Waals surface area contributed by atoms with E-state index in [1.165, 1.54) is 6.42 Å². The van der Waals surface area contributed by atoms with Crippen molar-refractivity contribution in [1.82, 2.24) is 5.32 Å². The third-order valence-corrected chi connectivity index (χ3v) is 2.34. The largest absolute Gasteiger partial charge is 0.381 e. The summed E-state index contributed by atoms with van der Waals surface area (Å²) >= 11 is 0. The molecule has 0 aliphatic carbocycles. The standard InChI is InChI=1S/C8H15NO2/c1-2-10-5-7(1)6-11-8-3-9-4-8/h7-9H,1-6H2. The summed E-state index contributed by atoms with van der Waals surface area (Å²) in [6.07, 6.45) is 1.66. The van der Waals surface area contributed by atoms with E-state index in [2.05, 4.69) is 5.32 Å². The Hall–Kier alpha value is -0.120. The molecule has 2 heterocycles. The number of hydrogen-bond donors (Lipinski definition) is 1. The fraction of sp³-hybridized carbons (Fsp3) is 1.00. The van der Waals surface area contributed by atoms with Crippen molar-refractivity contribution in [2.75, 3.05) is 32.9 Å². The number of nitrogens with one attached hydrogen (secondary N) is 1. The molecule has 0 saturated carbocycles. The summed E-state index contributed by atoms with van der Waals surface area (Å²) in [6.45, 7) is 4.80. The second-order valence-electron chi connectivity index (χ2n) is 3.34. The van der Waals surface area contributed by atoms with Gasteiger partial charge in [0.15, 0.2) is 0 Å². The van der Waals surface area contributed by atoms with Crippen LogP contribution in [0.1, 0.15) is 6.42 Å². The van der Waals surface area contributed by atoms with E-state index < -0.39 is 0 Å². The molecule has 0 aromatic heterocycles. The van der Waals surface area contributed by atoms with Crippen LogP contribution in [0.15, 0.2) is 0 Å². The molecule has 0 radical (unpaired) electrons.